The van der Waals surface area contributed by atoms with Crippen LogP contribution in [0.15, 0.2) is 0 Å². The number of amides is 1. The SMILES string of the molecule is CC1CCCC(CO)(NC(=O)[C@@H](N)C(C)(C)C)C1. The summed E-state index contributed by atoms with van der Waals surface area (Å²) >= 11 is 0. The molecule has 0 bridgehead atoms. The lowest BCUT2D eigenvalue weighted by Gasteiger charge is -2.41. The summed E-state index contributed by atoms with van der Waals surface area (Å²) in [6, 6.07) is -0.543. The predicted octanol–water partition coefficient (Wildman–Crippen LogP) is 1.42. The Bertz CT molecular complexity index is 299. The molecule has 0 aromatic heterocycles. The summed E-state index contributed by atoms with van der Waals surface area (Å²) in [5.74, 6) is 0.391. The maximum absolute atomic E-state index is 12.2. The third kappa shape index (κ3) is 3.69. The van der Waals surface area contributed by atoms with E-state index in [2.05, 4.69) is 12.2 Å². The van der Waals surface area contributed by atoms with Crippen molar-refractivity contribution >= 4 is 5.91 Å². The van der Waals surface area contributed by atoms with E-state index >= 15 is 0 Å². The number of carbonyl (C=O) groups is 1. The molecule has 106 valence electrons. The van der Waals surface area contributed by atoms with Crippen molar-refractivity contribution < 1.29 is 9.90 Å². The smallest absolute Gasteiger partial charge is 0.237 e. The number of nitrogens with one attached hydrogen (secondary N) is 1. The van der Waals surface area contributed by atoms with Crippen molar-refractivity contribution in [2.24, 2.45) is 17.1 Å². The van der Waals surface area contributed by atoms with Gasteiger partial charge in [0.2, 0.25) is 5.91 Å². The van der Waals surface area contributed by atoms with Gasteiger partial charge in [-0.15, -0.1) is 0 Å². The number of rotatable bonds is 3. The van der Waals surface area contributed by atoms with Crippen molar-refractivity contribution in [2.75, 3.05) is 6.61 Å². The molecule has 2 unspecified atom stereocenters. The van der Waals surface area contributed by atoms with Crippen molar-refractivity contribution in [2.45, 2.75) is 65.0 Å². The highest BCUT2D eigenvalue weighted by Gasteiger charge is 2.38. The van der Waals surface area contributed by atoms with E-state index < -0.39 is 11.6 Å². The summed E-state index contributed by atoms with van der Waals surface area (Å²) in [5.41, 5.74) is 5.24. The van der Waals surface area contributed by atoms with Gasteiger partial charge in [0.05, 0.1) is 18.2 Å². The summed E-state index contributed by atoms with van der Waals surface area (Å²) in [7, 11) is 0. The maximum Gasteiger partial charge on any atom is 0.237 e. The molecule has 0 aliphatic heterocycles. The molecule has 1 fully saturated rings. The van der Waals surface area contributed by atoms with Crippen LogP contribution in [0.2, 0.25) is 0 Å². The van der Waals surface area contributed by atoms with Gasteiger partial charge in [0.15, 0.2) is 0 Å². The van der Waals surface area contributed by atoms with Crippen molar-refractivity contribution in [3.05, 3.63) is 0 Å². The molecule has 0 radical (unpaired) electrons. The molecule has 18 heavy (non-hydrogen) atoms. The lowest BCUT2D eigenvalue weighted by molar-refractivity contribution is -0.127. The first-order valence-electron chi connectivity index (χ1n) is 6.89. The monoisotopic (exact) mass is 256 g/mol. The number of nitrogens with two attached hydrogens (primary N) is 1. The Labute approximate surface area is 110 Å². The van der Waals surface area contributed by atoms with E-state index in [0.29, 0.717) is 5.92 Å². The van der Waals surface area contributed by atoms with Gasteiger partial charge < -0.3 is 16.2 Å². The summed E-state index contributed by atoms with van der Waals surface area (Å²) in [5, 5.41) is 12.6. The second kappa shape index (κ2) is 5.57. The summed E-state index contributed by atoms with van der Waals surface area (Å²) in [6.07, 6.45) is 3.90. The molecule has 4 nitrogen and oxygen atoms in total. The second-order valence-corrected chi connectivity index (χ2v) is 6.97. The van der Waals surface area contributed by atoms with Crippen LogP contribution in [0.4, 0.5) is 0 Å². The van der Waals surface area contributed by atoms with Crippen molar-refractivity contribution in [1.29, 1.82) is 0 Å². The van der Waals surface area contributed by atoms with Crippen molar-refractivity contribution in [1.82, 2.24) is 5.32 Å². The minimum atomic E-state index is -0.543. The standard InChI is InChI=1S/C14H28N2O2/c1-10-6-5-7-14(8-10,9-17)16-12(18)11(15)13(2,3)4/h10-11,17H,5-9,15H2,1-4H3,(H,16,18)/t10?,11-,14?/m1/s1. The van der Waals surface area contributed by atoms with Gasteiger partial charge in [0, 0.05) is 0 Å². The van der Waals surface area contributed by atoms with Gasteiger partial charge in [-0.25, -0.2) is 0 Å². The van der Waals surface area contributed by atoms with Crippen LogP contribution in [0.25, 0.3) is 0 Å². The van der Waals surface area contributed by atoms with Crippen molar-refractivity contribution in [3.8, 4) is 0 Å². The fraction of sp³-hybridized carbons (Fsp3) is 0.929. The van der Waals surface area contributed by atoms with Gasteiger partial charge in [-0.2, -0.15) is 0 Å². The van der Waals surface area contributed by atoms with Crippen LogP contribution in [-0.4, -0.2) is 29.2 Å². The average Bonchev–Trinajstić information content (AvgIpc) is 2.26. The number of aliphatic hydroxyl groups is 1. The molecule has 1 aliphatic carbocycles. The lowest BCUT2D eigenvalue weighted by atomic mass is 9.76. The van der Waals surface area contributed by atoms with Crippen LogP contribution in [-0.2, 0) is 4.79 Å². The summed E-state index contributed by atoms with van der Waals surface area (Å²) < 4.78 is 0. The third-order valence-electron chi connectivity index (χ3n) is 4.00. The van der Waals surface area contributed by atoms with Crippen LogP contribution in [0.1, 0.15) is 53.4 Å². The topological polar surface area (TPSA) is 75.3 Å². The van der Waals surface area contributed by atoms with Gasteiger partial charge in [-0.1, -0.05) is 40.5 Å². The fourth-order valence-electron chi connectivity index (χ4n) is 2.69. The Morgan fingerprint density at radius 2 is 2.17 bits per heavy atom. The first-order valence-corrected chi connectivity index (χ1v) is 6.89. The van der Waals surface area contributed by atoms with Gasteiger partial charge in [0.1, 0.15) is 0 Å². The number of hydrogen-bond acceptors (Lipinski definition) is 3. The zero-order valence-electron chi connectivity index (χ0n) is 12.1. The molecule has 1 aliphatic rings. The largest absolute Gasteiger partial charge is 0.394 e. The molecular formula is C14H28N2O2. The lowest BCUT2D eigenvalue weighted by Crippen LogP contribution is -2.59. The molecular weight excluding hydrogens is 228 g/mol. The fourth-order valence-corrected chi connectivity index (χ4v) is 2.69. The van der Waals surface area contributed by atoms with E-state index in [0.717, 1.165) is 19.3 Å². The summed E-state index contributed by atoms with van der Waals surface area (Å²) in [4.78, 5) is 12.2. The molecule has 1 rings (SSSR count). The highest BCUT2D eigenvalue weighted by Crippen LogP contribution is 2.32. The highest BCUT2D eigenvalue weighted by molar-refractivity contribution is 5.83. The normalized spacial score (nSPS) is 30.9. The predicted molar refractivity (Wildman–Crippen MR) is 73.0 cm³/mol. The van der Waals surface area contributed by atoms with Crippen LogP contribution in [0.5, 0.6) is 0 Å². The van der Waals surface area contributed by atoms with Gasteiger partial charge in [-0.05, 0) is 24.2 Å². The molecule has 0 aromatic rings. The maximum atomic E-state index is 12.2. The van der Waals surface area contributed by atoms with Crippen molar-refractivity contribution in [3.63, 3.8) is 0 Å². The Kier molecular flexibility index (Phi) is 4.78. The zero-order valence-corrected chi connectivity index (χ0v) is 12.1. The molecule has 3 atom stereocenters. The van der Waals surface area contributed by atoms with E-state index in [1.54, 1.807) is 0 Å². The van der Waals surface area contributed by atoms with Gasteiger partial charge in [-0.3, -0.25) is 4.79 Å². The average molecular weight is 256 g/mol. The minimum absolute atomic E-state index is 0.0000567. The molecule has 4 heteroatoms. The summed E-state index contributed by atoms with van der Waals surface area (Å²) in [6.45, 7) is 8.02. The van der Waals surface area contributed by atoms with Crippen LogP contribution in [0.3, 0.4) is 0 Å². The number of carbonyl (C=O) groups excluding carboxylic acids is 1. The Morgan fingerprint density at radius 1 is 1.56 bits per heavy atom. The zero-order chi connectivity index (χ0) is 14.0. The van der Waals surface area contributed by atoms with E-state index in [-0.39, 0.29) is 17.9 Å². The van der Waals surface area contributed by atoms with Crippen LogP contribution in [0, 0.1) is 11.3 Å². The van der Waals surface area contributed by atoms with E-state index in [9.17, 15) is 9.90 Å². The molecule has 4 N–H and O–H groups in total. The highest BCUT2D eigenvalue weighted by atomic mass is 16.3. The Hall–Kier alpha value is -0.610. The first kappa shape index (κ1) is 15.4. The van der Waals surface area contributed by atoms with Crippen LogP contribution < -0.4 is 11.1 Å². The number of aliphatic hydroxyl groups excluding tert-OH is 1. The van der Waals surface area contributed by atoms with E-state index in [1.165, 1.54) is 6.42 Å². The molecule has 0 heterocycles. The minimum Gasteiger partial charge on any atom is -0.394 e. The van der Waals surface area contributed by atoms with E-state index in [4.69, 9.17) is 5.73 Å². The Balaban J connectivity index is 2.71. The molecule has 0 spiro atoms. The quantitative estimate of drug-likeness (QED) is 0.715. The number of hydrogen-bond donors (Lipinski definition) is 3. The molecule has 0 aromatic carbocycles. The first-order chi connectivity index (χ1) is 8.20. The van der Waals surface area contributed by atoms with Gasteiger partial charge in [0.25, 0.3) is 0 Å². The second-order valence-electron chi connectivity index (χ2n) is 6.97. The van der Waals surface area contributed by atoms with E-state index in [1.807, 2.05) is 20.8 Å². The molecule has 1 amide bonds. The van der Waals surface area contributed by atoms with Crippen LogP contribution >= 0.6 is 0 Å². The molecule has 1 saturated carbocycles. The molecule has 0 saturated heterocycles. The Morgan fingerprint density at radius 3 is 2.61 bits per heavy atom. The third-order valence-corrected chi connectivity index (χ3v) is 4.00. The van der Waals surface area contributed by atoms with Gasteiger partial charge >= 0.3 is 0 Å².